The van der Waals surface area contributed by atoms with E-state index in [4.69, 9.17) is 0 Å². The molecule has 0 bridgehead atoms. The Hall–Kier alpha value is -0.690. The first-order valence-electron chi connectivity index (χ1n) is 6.36. The van der Waals surface area contributed by atoms with Crippen LogP contribution in [0.4, 0.5) is 0 Å². The van der Waals surface area contributed by atoms with Gasteiger partial charge in [0.1, 0.15) is 0 Å². The van der Waals surface area contributed by atoms with Crippen molar-refractivity contribution in [3.8, 4) is 0 Å². The third kappa shape index (κ3) is 3.25. The van der Waals surface area contributed by atoms with Gasteiger partial charge in [-0.3, -0.25) is 4.90 Å². The van der Waals surface area contributed by atoms with Crippen LogP contribution >= 0.6 is 27.3 Å². The molecule has 2 aromatic heterocycles. The van der Waals surface area contributed by atoms with Gasteiger partial charge in [-0.1, -0.05) is 0 Å². The number of nitrogens with one attached hydrogen (secondary N) is 2. The number of fused-ring (bicyclic) bond motifs is 1. The van der Waals surface area contributed by atoms with Crippen molar-refractivity contribution >= 4 is 27.3 Å². The molecule has 1 aliphatic rings. The molecule has 0 saturated carbocycles. The van der Waals surface area contributed by atoms with Crippen LogP contribution in [0, 0.1) is 0 Å². The summed E-state index contributed by atoms with van der Waals surface area (Å²) in [6.07, 6.45) is 2.80. The summed E-state index contributed by atoms with van der Waals surface area (Å²) in [7, 11) is 2.18. The molecular weight excluding hydrogens is 324 g/mol. The molecule has 0 aliphatic carbocycles. The number of halogens is 1. The molecule has 1 unspecified atom stereocenters. The largest absolute Gasteiger partial charge is 0.347 e. The van der Waals surface area contributed by atoms with Crippen molar-refractivity contribution < 1.29 is 0 Å². The number of likely N-dealkylation sites (N-methyl/N-ethyl adjacent to an activating group) is 1. The van der Waals surface area contributed by atoms with Crippen LogP contribution in [0.5, 0.6) is 0 Å². The predicted octanol–water partition coefficient (Wildman–Crippen LogP) is 2.38. The van der Waals surface area contributed by atoms with Gasteiger partial charge in [0.05, 0.1) is 17.7 Å². The Balaban J connectivity index is 1.54. The van der Waals surface area contributed by atoms with Gasteiger partial charge in [0.15, 0.2) is 0 Å². The van der Waals surface area contributed by atoms with Crippen molar-refractivity contribution in [3.63, 3.8) is 0 Å². The Labute approximate surface area is 125 Å². The highest BCUT2D eigenvalue weighted by Crippen LogP contribution is 2.21. The molecule has 4 nitrogen and oxygen atoms in total. The normalized spacial score (nSPS) is 18.8. The molecule has 1 aliphatic heterocycles. The summed E-state index contributed by atoms with van der Waals surface area (Å²) in [5, 5.41) is 5.70. The number of H-pyrrole nitrogens is 1. The summed E-state index contributed by atoms with van der Waals surface area (Å²) >= 11 is 5.31. The molecule has 0 radical (unpaired) electrons. The molecule has 0 aromatic carbocycles. The molecule has 2 aromatic rings. The standard InChI is InChI=1S/C13H17BrN4S/c1-18(6-11-2-9(14)7-19-11)5-10-3-12-13(4-15-10)17-8-16-12/h2,7-8,10,15H,3-6H2,1H3,(H,16,17). The zero-order chi connectivity index (χ0) is 13.2. The molecule has 0 amide bonds. The highest BCUT2D eigenvalue weighted by molar-refractivity contribution is 9.10. The van der Waals surface area contributed by atoms with Crippen LogP contribution in [0.15, 0.2) is 22.2 Å². The van der Waals surface area contributed by atoms with E-state index in [1.807, 2.05) is 0 Å². The van der Waals surface area contributed by atoms with E-state index in [9.17, 15) is 0 Å². The summed E-state index contributed by atoms with van der Waals surface area (Å²) < 4.78 is 1.18. The van der Waals surface area contributed by atoms with Gasteiger partial charge in [-0.15, -0.1) is 11.3 Å². The van der Waals surface area contributed by atoms with Crippen LogP contribution < -0.4 is 5.32 Å². The fourth-order valence-electron chi connectivity index (χ4n) is 2.50. The van der Waals surface area contributed by atoms with E-state index in [0.717, 1.165) is 26.1 Å². The number of rotatable bonds is 4. The lowest BCUT2D eigenvalue weighted by molar-refractivity contribution is 0.274. The summed E-state index contributed by atoms with van der Waals surface area (Å²) in [5.74, 6) is 0. The molecule has 0 saturated heterocycles. The summed E-state index contributed by atoms with van der Waals surface area (Å²) in [4.78, 5) is 11.3. The molecule has 3 rings (SSSR count). The molecule has 2 N–H and O–H groups in total. The Morgan fingerprint density at radius 2 is 2.47 bits per heavy atom. The van der Waals surface area contributed by atoms with Crippen LogP contribution in [-0.2, 0) is 19.5 Å². The number of thiophene rings is 1. The van der Waals surface area contributed by atoms with Gasteiger partial charge in [-0.05, 0) is 29.0 Å². The highest BCUT2D eigenvalue weighted by atomic mass is 79.9. The monoisotopic (exact) mass is 340 g/mol. The van der Waals surface area contributed by atoms with Crippen molar-refractivity contribution in [1.29, 1.82) is 0 Å². The molecule has 0 fully saturated rings. The summed E-state index contributed by atoms with van der Waals surface area (Å²) in [6.45, 7) is 2.95. The number of imidazole rings is 1. The van der Waals surface area contributed by atoms with E-state index in [0.29, 0.717) is 6.04 Å². The lowest BCUT2D eigenvalue weighted by Gasteiger charge is -2.27. The number of hydrogen-bond donors (Lipinski definition) is 2. The van der Waals surface area contributed by atoms with Crippen LogP contribution in [0.2, 0.25) is 0 Å². The minimum Gasteiger partial charge on any atom is -0.347 e. The molecular formula is C13H17BrN4S. The molecule has 1 atom stereocenters. The quantitative estimate of drug-likeness (QED) is 0.898. The Kier molecular flexibility index (Phi) is 4.02. The maximum absolute atomic E-state index is 4.38. The number of hydrogen-bond acceptors (Lipinski definition) is 4. The third-order valence-corrected chi connectivity index (χ3v) is 5.08. The number of aromatic nitrogens is 2. The third-order valence-electron chi connectivity index (χ3n) is 3.39. The van der Waals surface area contributed by atoms with E-state index in [1.165, 1.54) is 20.7 Å². The van der Waals surface area contributed by atoms with Crippen molar-refractivity contribution in [2.24, 2.45) is 0 Å². The average molecular weight is 341 g/mol. The van der Waals surface area contributed by atoms with Gasteiger partial charge in [0.2, 0.25) is 0 Å². The molecule has 6 heteroatoms. The fourth-order valence-corrected chi connectivity index (χ4v) is 4.03. The first kappa shape index (κ1) is 13.3. The van der Waals surface area contributed by atoms with Crippen molar-refractivity contribution in [3.05, 3.63) is 38.5 Å². The molecule has 3 heterocycles. The van der Waals surface area contributed by atoms with Gasteiger partial charge in [-0.25, -0.2) is 4.98 Å². The van der Waals surface area contributed by atoms with Gasteiger partial charge >= 0.3 is 0 Å². The molecule has 0 spiro atoms. The number of aromatic amines is 1. The SMILES string of the molecule is CN(Cc1cc(Br)cs1)CC1Cc2nc[nH]c2CN1. The molecule has 102 valence electrons. The predicted molar refractivity (Wildman–Crippen MR) is 81.3 cm³/mol. The lowest BCUT2D eigenvalue weighted by atomic mass is 10.1. The summed E-state index contributed by atoms with van der Waals surface area (Å²) in [6, 6.07) is 2.69. The zero-order valence-electron chi connectivity index (χ0n) is 10.8. The van der Waals surface area contributed by atoms with E-state index < -0.39 is 0 Å². The van der Waals surface area contributed by atoms with Crippen LogP contribution in [-0.4, -0.2) is 34.5 Å². The summed E-state index contributed by atoms with van der Waals surface area (Å²) in [5.41, 5.74) is 2.46. The first-order chi connectivity index (χ1) is 9.20. The van der Waals surface area contributed by atoms with E-state index >= 15 is 0 Å². The highest BCUT2D eigenvalue weighted by Gasteiger charge is 2.21. The van der Waals surface area contributed by atoms with Crippen LogP contribution in [0.1, 0.15) is 16.3 Å². The second-order valence-electron chi connectivity index (χ2n) is 5.04. The Bertz CT molecular complexity index is 550. The maximum atomic E-state index is 4.38. The van der Waals surface area contributed by atoms with Gasteiger partial charge in [-0.2, -0.15) is 0 Å². The van der Waals surface area contributed by atoms with Gasteiger partial charge < -0.3 is 10.3 Å². The Morgan fingerprint density at radius 3 is 3.26 bits per heavy atom. The second kappa shape index (κ2) is 5.75. The van der Waals surface area contributed by atoms with Gasteiger partial charge in [0.25, 0.3) is 0 Å². The first-order valence-corrected chi connectivity index (χ1v) is 8.04. The minimum atomic E-state index is 0.490. The van der Waals surface area contributed by atoms with Crippen molar-refractivity contribution in [2.45, 2.75) is 25.6 Å². The zero-order valence-corrected chi connectivity index (χ0v) is 13.2. The van der Waals surface area contributed by atoms with E-state index in [-0.39, 0.29) is 0 Å². The number of nitrogens with zero attached hydrogens (tertiary/aromatic N) is 2. The fraction of sp³-hybridized carbons (Fsp3) is 0.462. The topological polar surface area (TPSA) is 44.0 Å². The minimum absolute atomic E-state index is 0.490. The lowest BCUT2D eigenvalue weighted by Crippen LogP contribution is -2.43. The van der Waals surface area contributed by atoms with E-state index in [2.05, 4.69) is 54.6 Å². The van der Waals surface area contributed by atoms with Crippen LogP contribution in [0.3, 0.4) is 0 Å². The van der Waals surface area contributed by atoms with E-state index in [1.54, 1.807) is 17.7 Å². The van der Waals surface area contributed by atoms with Crippen LogP contribution in [0.25, 0.3) is 0 Å². The molecule has 19 heavy (non-hydrogen) atoms. The van der Waals surface area contributed by atoms with Crippen molar-refractivity contribution in [2.75, 3.05) is 13.6 Å². The maximum Gasteiger partial charge on any atom is 0.0925 e. The Morgan fingerprint density at radius 1 is 1.58 bits per heavy atom. The second-order valence-corrected chi connectivity index (χ2v) is 6.95. The van der Waals surface area contributed by atoms with Gasteiger partial charge in [0, 0.05) is 46.8 Å². The van der Waals surface area contributed by atoms with Crippen molar-refractivity contribution in [1.82, 2.24) is 20.2 Å². The smallest absolute Gasteiger partial charge is 0.0925 e. The average Bonchev–Trinajstić information content (AvgIpc) is 2.97.